The lowest BCUT2D eigenvalue weighted by molar-refractivity contribution is 0.0992. The number of carbonyl (C=O) groups excluding carboxylic acids is 1. The van der Waals surface area contributed by atoms with Crippen LogP contribution in [0.2, 0.25) is 0 Å². The van der Waals surface area contributed by atoms with E-state index in [1.165, 1.54) is 11.6 Å². The third-order valence-corrected chi connectivity index (χ3v) is 5.00. The van der Waals surface area contributed by atoms with Gasteiger partial charge in [-0.15, -0.1) is 0 Å². The monoisotopic (exact) mass is 361 g/mol. The highest BCUT2D eigenvalue weighted by Crippen LogP contribution is 2.26. The van der Waals surface area contributed by atoms with E-state index < -0.39 is 34.7 Å². The fourth-order valence-corrected chi connectivity index (χ4v) is 3.64. The van der Waals surface area contributed by atoms with E-state index in [-0.39, 0.29) is 16.3 Å². The second-order valence-electron chi connectivity index (χ2n) is 4.94. The maximum Gasteiger partial charge on any atom is 0.266 e. The van der Waals surface area contributed by atoms with Gasteiger partial charge in [-0.25, -0.2) is 21.6 Å². The molecular formula is C14H14F3N3O3S. The Morgan fingerprint density at radius 1 is 1.29 bits per heavy atom. The minimum atomic E-state index is -4.39. The number of primary amides is 1. The first-order valence-electron chi connectivity index (χ1n) is 6.65. The normalized spacial score (nSPS) is 11.7. The van der Waals surface area contributed by atoms with Crippen molar-refractivity contribution in [2.45, 2.75) is 11.3 Å². The molecule has 0 atom stereocenters. The van der Waals surface area contributed by atoms with Gasteiger partial charge in [-0.2, -0.15) is 0 Å². The van der Waals surface area contributed by atoms with Crippen LogP contribution in [0, 0.1) is 5.82 Å². The number of carbonyl (C=O) groups is 1. The molecule has 0 unspecified atom stereocenters. The van der Waals surface area contributed by atoms with Crippen LogP contribution in [0.15, 0.2) is 41.4 Å². The minimum Gasteiger partial charge on any atom is -0.364 e. The summed E-state index contributed by atoms with van der Waals surface area (Å²) < 4.78 is 65.7. The van der Waals surface area contributed by atoms with Gasteiger partial charge in [-0.05, 0) is 30.3 Å². The van der Waals surface area contributed by atoms with Crippen molar-refractivity contribution in [1.29, 1.82) is 0 Å². The zero-order valence-electron chi connectivity index (χ0n) is 12.5. The summed E-state index contributed by atoms with van der Waals surface area (Å²) in [5.74, 6) is -1.50. The molecule has 6 nitrogen and oxygen atoms in total. The number of hydrogen-bond acceptors (Lipinski definition) is 3. The SMILES string of the molecule is Cn1cc(S(=O)(=O)N(CC(F)F)c2ccc(F)cc2)cc1C(N)=O. The fraction of sp³-hybridized carbons (Fsp3) is 0.214. The van der Waals surface area contributed by atoms with Crippen molar-refractivity contribution in [2.24, 2.45) is 12.8 Å². The zero-order valence-corrected chi connectivity index (χ0v) is 13.3. The molecule has 1 amide bonds. The van der Waals surface area contributed by atoms with E-state index >= 15 is 0 Å². The topological polar surface area (TPSA) is 85.4 Å². The van der Waals surface area contributed by atoms with Crippen LogP contribution in [-0.4, -0.2) is 31.9 Å². The van der Waals surface area contributed by atoms with Gasteiger partial charge in [0.25, 0.3) is 22.4 Å². The van der Waals surface area contributed by atoms with Crippen molar-refractivity contribution in [3.8, 4) is 0 Å². The summed E-state index contributed by atoms with van der Waals surface area (Å²) in [5, 5.41) is 0. The van der Waals surface area contributed by atoms with Gasteiger partial charge in [-0.3, -0.25) is 9.10 Å². The van der Waals surface area contributed by atoms with Gasteiger partial charge in [0.15, 0.2) is 0 Å². The van der Waals surface area contributed by atoms with Crippen LogP contribution in [0.5, 0.6) is 0 Å². The van der Waals surface area contributed by atoms with E-state index in [4.69, 9.17) is 5.73 Å². The highest BCUT2D eigenvalue weighted by molar-refractivity contribution is 7.92. The Morgan fingerprint density at radius 3 is 2.33 bits per heavy atom. The number of rotatable bonds is 6. The summed E-state index contributed by atoms with van der Waals surface area (Å²) in [5.41, 5.74) is 4.91. The number of nitrogens with two attached hydrogens (primary N) is 1. The quantitative estimate of drug-likeness (QED) is 0.850. The van der Waals surface area contributed by atoms with E-state index in [0.717, 1.165) is 36.5 Å². The number of aromatic nitrogens is 1. The number of benzene rings is 1. The number of nitrogens with zero attached hydrogens (tertiary/aromatic N) is 2. The number of anilines is 1. The minimum absolute atomic E-state index is 0.0929. The Kier molecular flexibility index (Phi) is 4.88. The maximum absolute atomic E-state index is 13.0. The summed E-state index contributed by atoms with van der Waals surface area (Å²) >= 11 is 0. The first-order chi connectivity index (χ1) is 11.1. The van der Waals surface area contributed by atoms with Crippen molar-refractivity contribution in [3.05, 3.63) is 48.0 Å². The molecule has 0 saturated carbocycles. The van der Waals surface area contributed by atoms with Crippen LogP contribution in [0.4, 0.5) is 18.9 Å². The second-order valence-corrected chi connectivity index (χ2v) is 6.80. The average molecular weight is 361 g/mol. The molecule has 0 radical (unpaired) electrons. The lowest BCUT2D eigenvalue weighted by atomic mass is 10.3. The molecule has 130 valence electrons. The van der Waals surface area contributed by atoms with Crippen molar-refractivity contribution in [3.63, 3.8) is 0 Å². The summed E-state index contributed by atoms with van der Waals surface area (Å²) in [4.78, 5) is 10.9. The van der Waals surface area contributed by atoms with Gasteiger partial charge in [0, 0.05) is 13.2 Å². The molecule has 0 aliphatic carbocycles. The van der Waals surface area contributed by atoms with Crippen LogP contribution >= 0.6 is 0 Å². The molecule has 10 heteroatoms. The number of hydrogen-bond donors (Lipinski definition) is 1. The molecule has 0 bridgehead atoms. The van der Waals surface area contributed by atoms with Gasteiger partial charge in [0.2, 0.25) is 0 Å². The second kappa shape index (κ2) is 6.56. The van der Waals surface area contributed by atoms with E-state index in [2.05, 4.69) is 0 Å². The number of halogens is 3. The van der Waals surface area contributed by atoms with Gasteiger partial charge >= 0.3 is 0 Å². The van der Waals surface area contributed by atoms with Gasteiger partial charge < -0.3 is 10.3 Å². The number of sulfonamides is 1. The highest BCUT2D eigenvalue weighted by atomic mass is 32.2. The Bertz CT molecular complexity index is 848. The molecule has 2 aromatic rings. The van der Waals surface area contributed by atoms with E-state index in [1.54, 1.807) is 0 Å². The molecule has 2 N–H and O–H groups in total. The number of amides is 1. The summed E-state index contributed by atoms with van der Waals surface area (Å²) in [6.45, 7) is -1.12. The average Bonchev–Trinajstić information content (AvgIpc) is 2.88. The summed E-state index contributed by atoms with van der Waals surface area (Å²) in [6.07, 6.45) is -1.86. The van der Waals surface area contributed by atoms with Crippen molar-refractivity contribution < 1.29 is 26.4 Å². The maximum atomic E-state index is 13.0. The Morgan fingerprint density at radius 2 is 1.88 bits per heavy atom. The van der Waals surface area contributed by atoms with Crippen molar-refractivity contribution >= 4 is 21.6 Å². The van der Waals surface area contributed by atoms with Crippen LogP contribution in [0.25, 0.3) is 0 Å². The molecule has 24 heavy (non-hydrogen) atoms. The molecule has 1 aromatic heterocycles. The molecule has 0 aliphatic heterocycles. The molecule has 1 heterocycles. The third kappa shape index (κ3) is 3.53. The largest absolute Gasteiger partial charge is 0.364 e. The molecule has 0 aliphatic rings. The summed E-state index contributed by atoms with van der Waals surface area (Å²) in [7, 11) is -3.00. The van der Waals surface area contributed by atoms with E-state index in [1.807, 2.05) is 0 Å². The molecule has 0 fully saturated rings. The molecule has 0 spiro atoms. The summed E-state index contributed by atoms with van der Waals surface area (Å²) in [6, 6.07) is 5.08. The van der Waals surface area contributed by atoms with Crippen LogP contribution in [0.1, 0.15) is 10.5 Å². The molecular weight excluding hydrogens is 347 g/mol. The molecule has 2 rings (SSSR count). The fourth-order valence-electron chi connectivity index (χ4n) is 2.12. The third-order valence-electron chi connectivity index (χ3n) is 3.24. The molecule has 1 aromatic carbocycles. The number of aryl methyl sites for hydroxylation is 1. The van der Waals surface area contributed by atoms with Gasteiger partial charge in [-0.1, -0.05) is 0 Å². The molecule has 0 saturated heterocycles. The first kappa shape index (κ1) is 17.9. The zero-order chi connectivity index (χ0) is 18.1. The van der Waals surface area contributed by atoms with E-state index in [0.29, 0.717) is 4.31 Å². The van der Waals surface area contributed by atoms with E-state index in [9.17, 15) is 26.4 Å². The Balaban J connectivity index is 2.53. The van der Waals surface area contributed by atoms with Crippen molar-refractivity contribution in [2.75, 3.05) is 10.8 Å². The smallest absolute Gasteiger partial charge is 0.266 e. The predicted molar refractivity (Wildman–Crippen MR) is 80.9 cm³/mol. The van der Waals surface area contributed by atoms with Crippen LogP contribution < -0.4 is 10.0 Å². The Hall–Kier alpha value is -2.49. The lowest BCUT2D eigenvalue weighted by Gasteiger charge is -2.23. The van der Waals surface area contributed by atoms with Gasteiger partial charge in [0.05, 0.1) is 12.2 Å². The predicted octanol–water partition coefficient (Wildman–Crippen LogP) is 1.72. The lowest BCUT2D eigenvalue weighted by Crippen LogP contribution is -2.35. The van der Waals surface area contributed by atoms with Crippen LogP contribution in [0.3, 0.4) is 0 Å². The first-order valence-corrected chi connectivity index (χ1v) is 8.09. The van der Waals surface area contributed by atoms with Crippen LogP contribution in [-0.2, 0) is 17.1 Å². The number of alkyl halides is 2. The Labute approximate surface area is 136 Å². The highest BCUT2D eigenvalue weighted by Gasteiger charge is 2.29. The van der Waals surface area contributed by atoms with Gasteiger partial charge in [0.1, 0.15) is 16.4 Å². The van der Waals surface area contributed by atoms with Crippen molar-refractivity contribution in [1.82, 2.24) is 4.57 Å². The standard InChI is InChI=1S/C14H14F3N3O3S/c1-19-7-11(6-12(19)14(18)21)24(22,23)20(8-13(16)17)10-4-2-9(15)3-5-10/h2-7,13H,8H2,1H3,(H2,18,21).